The molecule has 6 nitrogen and oxygen atoms in total. The van der Waals surface area contributed by atoms with Crippen molar-refractivity contribution in [2.24, 2.45) is 0 Å². The monoisotopic (exact) mass is 400 g/mol. The van der Waals surface area contributed by atoms with E-state index < -0.39 is 10.0 Å². The molecule has 1 aliphatic heterocycles. The second kappa shape index (κ2) is 8.58. The molecule has 0 aromatic heterocycles. The van der Waals surface area contributed by atoms with Gasteiger partial charge in [0.25, 0.3) is 0 Å². The molecule has 3 rings (SSSR count). The van der Waals surface area contributed by atoms with Crippen LogP contribution in [0.15, 0.2) is 53.4 Å². The average molecular weight is 401 g/mol. The van der Waals surface area contributed by atoms with Gasteiger partial charge in [0, 0.05) is 19.2 Å². The van der Waals surface area contributed by atoms with Crippen LogP contribution in [0.2, 0.25) is 0 Å². The van der Waals surface area contributed by atoms with Gasteiger partial charge in [-0.1, -0.05) is 29.8 Å². The summed E-state index contributed by atoms with van der Waals surface area (Å²) in [5.74, 6) is 0.0343. The van der Waals surface area contributed by atoms with Gasteiger partial charge in [-0.25, -0.2) is 8.42 Å². The standard InChI is InChI=1S/C21H24N2O4S/c1-16-5-7-17(8-6-16)9-12-21(24)22-19-15-18(10-11-20(19)27-2)28(25,26)23-13-3-4-14-23/h5-12,15H,3-4,13-14H2,1-2H3,(H,22,24)/b12-9+. The predicted molar refractivity (Wildman–Crippen MR) is 110 cm³/mol. The van der Waals surface area contributed by atoms with E-state index >= 15 is 0 Å². The van der Waals surface area contributed by atoms with Gasteiger partial charge in [0.05, 0.1) is 17.7 Å². The highest BCUT2D eigenvalue weighted by Gasteiger charge is 2.28. The number of nitrogens with zero attached hydrogens (tertiary/aromatic N) is 1. The van der Waals surface area contributed by atoms with Crippen molar-refractivity contribution in [1.82, 2.24) is 4.31 Å². The molecule has 0 unspecified atom stereocenters. The smallest absolute Gasteiger partial charge is 0.248 e. The summed E-state index contributed by atoms with van der Waals surface area (Å²) >= 11 is 0. The number of ether oxygens (including phenoxy) is 1. The summed E-state index contributed by atoms with van der Waals surface area (Å²) in [6.45, 7) is 3.04. The highest BCUT2D eigenvalue weighted by atomic mass is 32.2. The molecular weight excluding hydrogens is 376 g/mol. The van der Waals surface area contributed by atoms with Crippen LogP contribution in [0.25, 0.3) is 6.08 Å². The zero-order valence-electron chi connectivity index (χ0n) is 16.0. The molecule has 148 valence electrons. The van der Waals surface area contributed by atoms with E-state index in [9.17, 15) is 13.2 Å². The molecule has 0 bridgehead atoms. The molecule has 0 radical (unpaired) electrons. The summed E-state index contributed by atoms with van der Waals surface area (Å²) in [4.78, 5) is 12.5. The lowest BCUT2D eigenvalue weighted by Crippen LogP contribution is -2.28. The molecule has 2 aromatic carbocycles. The number of carbonyl (C=O) groups excluding carboxylic acids is 1. The lowest BCUT2D eigenvalue weighted by Gasteiger charge is -2.17. The Morgan fingerprint density at radius 3 is 2.43 bits per heavy atom. The number of aryl methyl sites for hydroxylation is 1. The van der Waals surface area contributed by atoms with Crippen LogP contribution in [0.5, 0.6) is 5.75 Å². The molecule has 1 N–H and O–H groups in total. The summed E-state index contributed by atoms with van der Waals surface area (Å²) in [6.07, 6.45) is 4.84. The summed E-state index contributed by atoms with van der Waals surface area (Å²) in [5.41, 5.74) is 2.36. The molecule has 2 aromatic rings. The van der Waals surface area contributed by atoms with Crippen LogP contribution in [-0.4, -0.2) is 38.8 Å². The first-order chi connectivity index (χ1) is 13.4. The van der Waals surface area contributed by atoms with Crippen molar-refractivity contribution >= 4 is 27.7 Å². The van der Waals surface area contributed by atoms with Crippen LogP contribution >= 0.6 is 0 Å². The SMILES string of the molecule is COc1ccc(S(=O)(=O)N2CCCC2)cc1NC(=O)/C=C/c1ccc(C)cc1. The first kappa shape index (κ1) is 20.1. The third kappa shape index (κ3) is 4.61. The van der Waals surface area contributed by atoms with Gasteiger partial charge in [-0.3, -0.25) is 4.79 Å². The van der Waals surface area contributed by atoms with Crippen molar-refractivity contribution in [3.05, 3.63) is 59.7 Å². The van der Waals surface area contributed by atoms with Crippen LogP contribution in [0.1, 0.15) is 24.0 Å². The maximum atomic E-state index is 12.8. The molecule has 28 heavy (non-hydrogen) atoms. The van der Waals surface area contributed by atoms with Crippen LogP contribution in [0.4, 0.5) is 5.69 Å². The molecule has 1 fully saturated rings. The summed E-state index contributed by atoms with van der Waals surface area (Å²) in [7, 11) is -2.10. The molecule has 1 aliphatic rings. The zero-order valence-corrected chi connectivity index (χ0v) is 16.8. The maximum absolute atomic E-state index is 12.8. The van der Waals surface area contributed by atoms with Crippen LogP contribution in [0, 0.1) is 6.92 Å². The van der Waals surface area contributed by atoms with Gasteiger partial charge in [0.2, 0.25) is 15.9 Å². The quantitative estimate of drug-likeness (QED) is 0.754. The molecule has 0 spiro atoms. The van der Waals surface area contributed by atoms with Crippen molar-refractivity contribution in [1.29, 1.82) is 0 Å². The van der Waals surface area contributed by atoms with Gasteiger partial charge >= 0.3 is 0 Å². The van der Waals surface area contributed by atoms with Gasteiger partial charge in [-0.2, -0.15) is 4.31 Å². The number of anilines is 1. The van der Waals surface area contributed by atoms with Crippen molar-refractivity contribution in [2.45, 2.75) is 24.7 Å². The Balaban J connectivity index is 1.80. The van der Waals surface area contributed by atoms with E-state index in [4.69, 9.17) is 4.74 Å². The predicted octanol–water partition coefficient (Wildman–Crippen LogP) is 3.44. The van der Waals surface area contributed by atoms with Crippen LogP contribution in [0.3, 0.4) is 0 Å². The third-order valence-corrected chi connectivity index (χ3v) is 6.53. The van der Waals surface area contributed by atoms with Crippen molar-refractivity contribution < 1.29 is 17.9 Å². The number of benzene rings is 2. The Morgan fingerprint density at radius 2 is 1.79 bits per heavy atom. The van der Waals surface area contributed by atoms with Gasteiger partial charge in [0.15, 0.2) is 0 Å². The summed E-state index contributed by atoms with van der Waals surface area (Å²) in [6, 6.07) is 12.3. The normalized spacial score (nSPS) is 15.1. The Kier molecular flexibility index (Phi) is 6.16. The van der Waals surface area contributed by atoms with Crippen molar-refractivity contribution in [2.75, 3.05) is 25.5 Å². The lowest BCUT2D eigenvalue weighted by atomic mass is 10.1. The third-order valence-electron chi connectivity index (χ3n) is 4.64. The molecule has 1 heterocycles. The first-order valence-electron chi connectivity index (χ1n) is 9.14. The number of rotatable bonds is 6. The van der Waals surface area contributed by atoms with Crippen molar-refractivity contribution in [3.8, 4) is 5.75 Å². The maximum Gasteiger partial charge on any atom is 0.248 e. The minimum atomic E-state index is -3.57. The molecular formula is C21H24N2O4S. The fraction of sp³-hybridized carbons (Fsp3) is 0.286. The Bertz CT molecular complexity index is 976. The fourth-order valence-electron chi connectivity index (χ4n) is 3.05. The average Bonchev–Trinajstić information content (AvgIpc) is 3.23. The number of methoxy groups -OCH3 is 1. The molecule has 0 atom stereocenters. The topological polar surface area (TPSA) is 75.7 Å². The molecule has 1 saturated heterocycles. The Hall–Kier alpha value is -2.64. The summed E-state index contributed by atoms with van der Waals surface area (Å²) in [5, 5.41) is 2.71. The molecule has 1 amide bonds. The van der Waals surface area contributed by atoms with E-state index in [1.165, 1.54) is 29.6 Å². The Morgan fingerprint density at radius 1 is 1.11 bits per heavy atom. The van der Waals surface area contributed by atoms with Crippen LogP contribution in [-0.2, 0) is 14.8 Å². The number of amides is 1. The Labute approximate surface area is 165 Å². The minimum absolute atomic E-state index is 0.146. The summed E-state index contributed by atoms with van der Waals surface area (Å²) < 4.78 is 32.3. The molecule has 7 heteroatoms. The molecule has 0 saturated carbocycles. The van der Waals surface area contributed by atoms with E-state index in [0.29, 0.717) is 24.5 Å². The van der Waals surface area contributed by atoms with E-state index in [-0.39, 0.29) is 10.8 Å². The lowest BCUT2D eigenvalue weighted by molar-refractivity contribution is -0.111. The number of hydrogen-bond acceptors (Lipinski definition) is 4. The number of nitrogens with one attached hydrogen (secondary N) is 1. The molecule has 0 aliphatic carbocycles. The van der Waals surface area contributed by atoms with E-state index in [2.05, 4.69) is 5.32 Å². The van der Waals surface area contributed by atoms with Crippen LogP contribution < -0.4 is 10.1 Å². The van der Waals surface area contributed by atoms with E-state index in [0.717, 1.165) is 24.0 Å². The van der Waals surface area contributed by atoms with Gasteiger partial charge < -0.3 is 10.1 Å². The van der Waals surface area contributed by atoms with Gasteiger partial charge in [-0.15, -0.1) is 0 Å². The number of sulfonamides is 1. The zero-order chi connectivity index (χ0) is 20.1. The van der Waals surface area contributed by atoms with Gasteiger partial charge in [0.1, 0.15) is 5.75 Å². The first-order valence-corrected chi connectivity index (χ1v) is 10.6. The largest absolute Gasteiger partial charge is 0.495 e. The second-order valence-electron chi connectivity index (χ2n) is 6.71. The highest BCUT2D eigenvalue weighted by Crippen LogP contribution is 2.30. The second-order valence-corrected chi connectivity index (χ2v) is 8.64. The van der Waals surface area contributed by atoms with Gasteiger partial charge in [-0.05, 0) is 49.6 Å². The highest BCUT2D eigenvalue weighted by molar-refractivity contribution is 7.89. The number of carbonyl (C=O) groups is 1. The minimum Gasteiger partial charge on any atom is -0.495 e. The number of hydrogen-bond donors (Lipinski definition) is 1. The van der Waals surface area contributed by atoms with Crippen molar-refractivity contribution in [3.63, 3.8) is 0 Å². The van der Waals surface area contributed by atoms with E-state index in [1.807, 2.05) is 31.2 Å². The fourth-order valence-corrected chi connectivity index (χ4v) is 4.59. The van der Waals surface area contributed by atoms with E-state index in [1.54, 1.807) is 12.1 Å².